The molecule has 0 spiro atoms. The minimum absolute atomic E-state index is 0.0952. The Hall–Kier alpha value is -5.74. The number of benzene rings is 5. The van der Waals surface area contributed by atoms with Crippen LogP contribution >= 0.6 is 0 Å². The molecule has 6 unspecified atom stereocenters. The number of ether oxygens (including phenoxy) is 3. The zero-order chi connectivity index (χ0) is 42.3. The van der Waals surface area contributed by atoms with E-state index in [2.05, 4.69) is 48.1 Å². The number of unbranched alkanes of at least 4 members (excludes halogenated alkanes) is 2. The number of aliphatic hydroxyl groups excluding tert-OH is 2. The zero-order valence-corrected chi connectivity index (χ0v) is 35.1. The van der Waals surface area contributed by atoms with Gasteiger partial charge in [0.1, 0.15) is 30.4 Å². The highest BCUT2D eigenvalue weighted by molar-refractivity contribution is 6.04. The van der Waals surface area contributed by atoms with Crippen LogP contribution in [0.4, 0.5) is 0 Å². The molecule has 0 bridgehead atoms. The molecule has 5 aromatic carbocycles. The third kappa shape index (κ3) is 8.47. The average Bonchev–Trinajstić information content (AvgIpc) is 3.30. The lowest BCUT2D eigenvalue weighted by molar-refractivity contribution is -0.252. The largest absolute Gasteiger partial charge is 0.459 e. The molecule has 2 aliphatic carbocycles. The van der Waals surface area contributed by atoms with Gasteiger partial charge in [0.05, 0.1) is 18.2 Å². The maximum absolute atomic E-state index is 14.7. The van der Waals surface area contributed by atoms with Crippen LogP contribution < -0.4 is 9.47 Å². The number of rotatable bonds is 17. The third-order valence-corrected chi connectivity index (χ3v) is 12.8. The van der Waals surface area contributed by atoms with Crippen LogP contribution in [0.2, 0.25) is 0 Å². The summed E-state index contributed by atoms with van der Waals surface area (Å²) in [6.45, 7) is 4.46. The van der Waals surface area contributed by atoms with Crippen molar-refractivity contribution in [1.82, 2.24) is 4.90 Å². The molecule has 6 atom stereocenters. The first-order valence-corrected chi connectivity index (χ1v) is 21.6. The molecule has 1 aliphatic heterocycles. The van der Waals surface area contributed by atoms with Crippen LogP contribution in [-0.4, -0.2) is 72.5 Å². The number of oxime groups is 1. The quantitative estimate of drug-likeness (QED) is 0.0546. The van der Waals surface area contributed by atoms with Crippen molar-refractivity contribution in [3.63, 3.8) is 0 Å². The first-order valence-electron chi connectivity index (χ1n) is 21.6. The Balaban J connectivity index is 1.26. The van der Waals surface area contributed by atoms with E-state index in [1.54, 1.807) is 18.1 Å². The third-order valence-electron chi connectivity index (χ3n) is 12.8. The molecule has 61 heavy (non-hydrogen) atoms. The van der Waals surface area contributed by atoms with E-state index in [4.69, 9.17) is 19.0 Å². The van der Waals surface area contributed by atoms with E-state index in [1.807, 2.05) is 92.0 Å². The Kier molecular flexibility index (Phi) is 13.0. The van der Waals surface area contributed by atoms with Gasteiger partial charge in [0.15, 0.2) is 0 Å². The fourth-order valence-corrected chi connectivity index (χ4v) is 10.1. The van der Waals surface area contributed by atoms with Crippen molar-refractivity contribution < 1.29 is 34.1 Å². The van der Waals surface area contributed by atoms with Gasteiger partial charge in [-0.1, -0.05) is 103 Å². The van der Waals surface area contributed by atoms with Crippen molar-refractivity contribution >= 4 is 22.4 Å². The number of likely N-dealkylation sites (N-methyl/N-ethyl adjacent to an activating group) is 1. The van der Waals surface area contributed by atoms with Gasteiger partial charge in [-0.25, -0.2) is 0 Å². The summed E-state index contributed by atoms with van der Waals surface area (Å²) in [6.07, 6.45) is 9.16. The molecule has 0 aromatic heterocycles. The second-order valence-electron chi connectivity index (χ2n) is 16.4. The Bertz CT molecular complexity index is 2380. The highest BCUT2D eigenvalue weighted by atomic mass is 16.7. The van der Waals surface area contributed by atoms with Crippen molar-refractivity contribution in [3.8, 4) is 28.4 Å². The molecule has 9 nitrogen and oxygen atoms in total. The number of allylic oxidation sites excluding steroid dienone is 1. The number of carbonyl (C=O) groups excluding carboxylic acids is 1. The van der Waals surface area contributed by atoms with Gasteiger partial charge >= 0.3 is 0 Å². The standard InChI is InChI=1S/C52H56N2O7/c1-4-30-59-52-48(54(2)51(57)40-21-20-36-16-8-9-17-38(36)31-40)34-46(53-58-3)44-32-39(18-10-12-28-55)43(19-11-13-29-56)49(50(44)52)45-33-42(26-27-47(45)61-52)60-41-24-22-37(23-25-41)35-14-6-5-7-15-35/h4-9,14-17,20-27,31-33,39,43,48-50,55-56H,1,10-13,18-19,28-30,34H2,2-3H3. The van der Waals surface area contributed by atoms with E-state index in [0.29, 0.717) is 42.1 Å². The molecule has 0 radical (unpaired) electrons. The maximum atomic E-state index is 14.7. The lowest BCUT2D eigenvalue weighted by atomic mass is 9.55. The predicted octanol–water partition coefficient (Wildman–Crippen LogP) is 10.3. The van der Waals surface area contributed by atoms with Crippen LogP contribution in [0.15, 0.2) is 145 Å². The SMILES string of the molecule is C=CCOC12Oc3ccc(Oc4ccc(-c5ccccc5)cc4)cc3C3C(CCCCO)C(CCCCO)C=C(C(=NOC)CC1N(C)C(=O)c1ccc4ccccc4c1)C32. The number of carbonyl (C=O) groups is 1. The van der Waals surface area contributed by atoms with Crippen molar-refractivity contribution in [2.24, 2.45) is 22.9 Å². The lowest BCUT2D eigenvalue weighted by Crippen LogP contribution is -2.69. The second kappa shape index (κ2) is 18.9. The van der Waals surface area contributed by atoms with Gasteiger partial charge in [0.25, 0.3) is 5.91 Å². The molecule has 0 saturated heterocycles. The minimum Gasteiger partial charge on any atom is -0.459 e. The van der Waals surface area contributed by atoms with E-state index in [9.17, 15) is 15.0 Å². The highest BCUT2D eigenvalue weighted by Gasteiger charge is 2.65. The Morgan fingerprint density at radius 1 is 0.852 bits per heavy atom. The summed E-state index contributed by atoms with van der Waals surface area (Å²) >= 11 is 0. The molecule has 1 fully saturated rings. The van der Waals surface area contributed by atoms with Crippen LogP contribution in [0.3, 0.4) is 0 Å². The smallest absolute Gasteiger partial charge is 0.254 e. The maximum Gasteiger partial charge on any atom is 0.254 e. The first kappa shape index (κ1) is 42.0. The van der Waals surface area contributed by atoms with E-state index >= 15 is 0 Å². The molecular weight excluding hydrogens is 765 g/mol. The first-order chi connectivity index (χ1) is 29.9. The van der Waals surface area contributed by atoms with Crippen LogP contribution in [0, 0.1) is 17.8 Å². The van der Waals surface area contributed by atoms with Gasteiger partial charge in [-0.05, 0) is 107 Å². The van der Waals surface area contributed by atoms with Crippen LogP contribution in [0.5, 0.6) is 17.2 Å². The number of amides is 1. The van der Waals surface area contributed by atoms with Crippen LogP contribution in [0.1, 0.15) is 66.8 Å². The number of fused-ring (bicyclic) bond motifs is 3. The van der Waals surface area contributed by atoms with Gasteiger partial charge in [0.2, 0.25) is 5.79 Å². The van der Waals surface area contributed by atoms with Crippen molar-refractivity contribution in [2.45, 2.75) is 62.7 Å². The molecule has 9 heteroatoms. The van der Waals surface area contributed by atoms with Crippen LogP contribution in [-0.2, 0) is 9.57 Å². The predicted molar refractivity (Wildman–Crippen MR) is 240 cm³/mol. The molecule has 8 rings (SSSR count). The Morgan fingerprint density at radius 2 is 1.56 bits per heavy atom. The summed E-state index contributed by atoms with van der Waals surface area (Å²) in [6, 6.07) is 37.6. The topological polar surface area (TPSA) is 110 Å². The summed E-state index contributed by atoms with van der Waals surface area (Å²) in [4.78, 5) is 22.1. The highest BCUT2D eigenvalue weighted by Crippen LogP contribution is 2.62. The lowest BCUT2D eigenvalue weighted by Gasteiger charge is -2.59. The van der Waals surface area contributed by atoms with Crippen LogP contribution in [0.25, 0.3) is 21.9 Å². The van der Waals surface area contributed by atoms with E-state index in [0.717, 1.165) is 64.4 Å². The van der Waals surface area contributed by atoms with Crippen molar-refractivity contribution in [2.75, 3.05) is 34.0 Å². The van der Waals surface area contributed by atoms with Crippen molar-refractivity contribution in [1.29, 1.82) is 0 Å². The summed E-state index contributed by atoms with van der Waals surface area (Å²) < 4.78 is 21.0. The fraction of sp³-hybridized carbons (Fsp3) is 0.346. The van der Waals surface area contributed by atoms with Crippen molar-refractivity contribution in [3.05, 3.63) is 151 Å². The van der Waals surface area contributed by atoms with Gasteiger partial charge in [0, 0.05) is 43.7 Å². The Morgan fingerprint density at radius 3 is 2.30 bits per heavy atom. The Labute approximate surface area is 358 Å². The molecule has 3 aliphatic rings. The molecular formula is C52H56N2O7. The van der Waals surface area contributed by atoms with Gasteiger partial charge < -0.3 is 34.2 Å². The van der Waals surface area contributed by atoms with E-state index < -0.39 is 17.7 Å². The molecule has 5 aromatic rings. The average molecular weight is 821 g/mol. The number of nitrogens with zero attached hydrogens (tertiary/aromatic N) is 2. The van der Waals surface area contributed by atoms with E-state index in [1.165, 1.54) is 0 Å². The molecule has 316 valence electrons. The second-order valence-corrected chi connectivity index (χ2v) is 16.4. The molecule has 1 amide bonds. The normalized spacial score (nSPS) is 23.3. The summed E-state index contributed by atoms with van der Waals surface area (Å²) in [5, 5.41) is 26.5. The van der Waals surface area contributed by atoms with E-state index in [-0.39, 0.29) is 43.5 Å². The molecule has 1 heterocycles. The minimum atomic E-state index is -1.34. The molecule has 1 saturated carbocycles. The zero-order valence-electron chi connectivity index (χ0n) is 35.1. The summed E-state index contributed by atoms with van der Waals surface area (Å²) in [7, 11) is 3.38. The van der Waals surface area contributed by atoms with Gasteiger partial charge in [-0.3, -0.25) is 4.79 Å². The van der Waals surface area contributed by atoms with Gasteiger partial charge in [-0.15, -0.1) is 6.58 Å². The fourth-order valence-electron chi connectivity index (χ4n) is 10.1. The number of aliphatic hydroxyl groups is 2. The number of hydrogen-bond acceptors (Lipinski definition) is 8. The monoisotopic (exact) mass is 820 g/mol. The van der Waals surface area contributed by atoms with Gasteiger partial charge in [-0.2, -0.15) is 0 Å². The number of hydrogen-bond donors (Lipinski definition) is 2. The summed E-state index contributed by atoms with van der Waals surface area (Å²) in [5.41, 5.74) is 5.53. The molecule has 2 N–H and O–H groups in total. The summed E-state index contributed by atoms with van der Waals surface area (Å²) in [5.74, 6) is 0.206.